The summed E-state index contributed by atoms with van der Waals surface area (Å²) in [5, 5.41) is 6.17. The van der Waals surface area contributed by atoms with Crippen molar-refractivity contribution in [1.29, 1.82) is 0 Å². The molecule has 0 aliphatic rings. The highest BCUT2D eigenvalue weighted by molar-refractivity contribution is 14.0. The van der Waals surface area contributed by atoms with Gasteiger partial charge < -0.3 is 15.4 Å². The van der Waals surface area contributed by atoms with Crippen LogP contribution in [-0.4, -0.2) is 19.6 Å². The van der Waals surface area contributed by atoms with Crippen LogP contribution >= 0.6 is 24.0 Å². The molecule has 0 radical (unpaired) electrons. The van der Waals surface area contributed by atoms with Crippen molar-refractivity contribution in [3.05, 3.63) is 70.5 Å². The third-order valence-corrected chi connectivity index (χ3v) is 3.96. The monoisotopic (exact) mass is 507 g/mol. The van der Waals surface area contributed by atoms with E-state index in [2.05, 4.69) is 15.6 Å². The minimum Gasteiger partial charge on any atom is -0.380 e. The molecule has 0 saturated carbocycles. The average Bonchev–Trinajstić information content (AvgIpc) is 2.62. The molecule has 0 aliphatic carbocycles. The summed E-state index contributed by atoms with van der Waals surface area (Å²) in [6.07, 6.45) is 0. The van der Waals surface area contributed by atoms with E-state index in [4.69, 9.17) is 4.74 Å². The van der Waals surface area contributed by atoms with Gasteiger partial charge in [-0.2, -0.15) is 0 Å². The fourth-order valence-corrected chi connectivity index (χ4v) is 2.62. The molecule has 154 valence electrons. The Morgan fingerprint density at radius 3 is 2.50 bits per heavy atom. The van der Waals surface area contributed by atoms with Gasteiger partial charge in [-0.1, -0.05) is 12.1 Å². The molecular formula is C20H25F3IN3O. The number of guanidine groups is 1. The zero-order valence-corrected chi connectivity index (χ0v) is 18.4. The molecule has 2 aromatic rings. The highest BCUT2D eigenvalue weighted by Gasteiger charge is 2.13. The molecule has 0 spiro atoms. The van der Waals surface area contributed by atoms with E-state index in [0.29, 0.717) is 30.2 Å². The SMILES string of the molecule is CCNC(=NCc1ccc(F)c(COC)c1)NC(C)c1ccc(F)cc1F.I. The molecule has 2 aromatic carbocycles. The number of rotatable bonds is 7. The maximum absolute atomic E-state index is 14.0. The van der Waals surface area contributed by atoms with E-state index >= 15 is 0 Å². The van der Waals surface area contributed by atoms with Crippen molar-refractivity contribution < 1.29 is 17.9 Å². The summed E-state index contributed by atoms with van der Waals surface area (Å²) >= 11 is 0. The Balaban J connectivity index is 0.00000392. The Morgan fingerprint density at radius 1 is 1.11 bits per heavy atom. The number of benzene rings is 2. The molecule has 0 amide bonds. The molecular weight excluding hydrogens is 482 g/mol. The topological polar surface area (TPSA) is 45.7 Å². The number of methoxy groups -OCH3 is 1. The highest BCUT2D eigenvalue weighted by atomic mass is 127. The summed E-state index contributed by atoms with van der Waals surface area (Å²) in [7, 11) is 1.51. The van der Waals surface area contributed by atoms with E-state index in [1.807, 2.05) is 6.92 Å². The molecule has 1 atom stereocenters. The van der Waals surface area contributed by atoms with Crippen LogP contribution in [0.4, 0.5) is 13.2 Å². The largest absolute Gasteiger partial charge is 0.380 e. The van der Waals surface area contributed by atoms with Crippen LogP contribution in [0, 0.1) is 17.5 Å². The molecule has 28 heavy (non-hydrogen) atoms. The molecule has 0 saturated heterocycles. The molecule has 0 bridgehead atoms. The lowest BCUT2D eigenvalue weighted by Crippen LogP contribution is -2.39. The second kappa shape index (κ2) is 11.9. The van der Waals surface area contributed by atoms with Gasteiger partial charge in [-0.15, -0.1) is 24.0 Å². The molecule has 0 aliphatic heterocycles. The summed E-state index contributed by atoms with van der Waals surface area (Å²) in [6.45, 7) is 4.78. The average molecular weight is 507 g/mol. The number of ether oxygens (including phenoxy) is 1. The first-order chi connectivity index (χ1) is 12.9. The van der Waals surface area contributed by atoms with E-state index in [1.165, 1.54) is 25.3 Å². The zero-order chi connectivity index (χ0) is 19.8. The Hall–Kier alpha value is -1.81. The van der Waals surface area contributed by atoms with Crippen molar-refractivity contribution >= 4 is 29.9 Å². The van der Waals surface area contributed by atoms with Crippen molar-refractivity contribution in [2.24, 2.45) is 4.99 Å². The third-order valence-electron chi connectivity index (χ3n) is 3.96. The smallest absolute Gasteiger partial charge is 0.192 e. The second-order valence-electron chi connectivity index (χ2n) is 6.09. The normalized spacial score (nSPS) is 12.3. The van der Waals surface area contributed by atoms with Gasteiger partial charge in [0.25, 0.3) is 0 Å². The third kappa shape index (κ3) is 6.97. The first-order valence-electron chi connectivity index (χ1n) is 8.70. The summed E-state index contributed by atoms with van der Waals surface area (Å²) in [5.74, 6) is -1.08. The summed E-state index contributed by atoms with van der Waals surface area (Å²) in [6, 6.07) is 7.81. The van der Waals surface area contributed by atoms with Crippen molar-refractivity contribution in [1.82, 2.24) is 10.6 Å². The number of aliphatic imine (C=N–C) groups is 1. The predicted molar refractivity (Wildman–Crippen MR) is 115 cm³/mol. The van der Waals surface area contributed by atoms with Crippen LogP contribution in [0.1, 0.15) is 36.6 Å². The van der Waals surface area contributed by atoms with Crippen LogP contribution in [0.25, 0.3) is 0 Å². The van der Waals surface area contributed by atoms with Gasteiger partial charge in [-0.3, -0.25) is 0 Å². The molecule has 0 heterocycles. The van der Waals surface area contributed by atoms with Gasteiger partial charge in [0.15, 0.2) is 5.96 Å². The van der Waals surface area contributed by atoms with Gasteiger partial charge in [0, 0.05) is 30.8 Å². The van der Waals surface area contributed by atoms with Gasteiger partial charge in [0.05, 0.1) is 19.2 Å². The molecule has 2 N–H and O–H groups in total. The summed E-state index contributed by atoms with van der Waals surface area (Å²) in [4.78, 5) is 4.46. The standard InChI is InChI=1S/C20H24F3N3O.HI/c1-4-24-20(26-13(2)17-7-6-16(21)10-19(17)23)25-11-14-5-8-18(22)15(9-14)12-27-3;/h5-10,13H,4,11-12H2,1-3H3,(H2,24,25,26);1H. The fourth-order valence-electron chi connectivity index (χ4n) is 2.62. The fraction of sp³-hybridized carbons (Fsp3) is 0.350. The van der Waals surface area contributed by atoms with Crippen LogP contribution in [0.2, 0.25) is 0 Å². The lowest BCUT2D eigenvalue weighted by molar-refractivity contribution is 0.181. The minimum atomic E-state index is -0.618. The molecule has 2 rings (SSSR count). The van der Waals surface area contributed by atoms with Gasteiger partial charge >= 0.3 is 0 Å². The van der Waals surface area contributed by atoms with Crippen molar-refractivity contribution in [2.45, 2.75) is 33.0 Å². The number of nitrogens with zero attached hydrogens (tertiary/aromatic N) is 1. The van der Waals surface area contributed by atoms with Gasteiger partial charge in [0.1, 0.15) is 17.5 Å². The van der Waals surface area contributed by atoms with E-state index in [0.717, 1.165) is 11.6 Å². The highest BCUT2D eigenvalue weighted by Crippen LogP contribution is 2.18. The molecule has 8 heteroatoms. The van der Waals surface area contributed by atoms with E-state index in [1.54, 1.807) is 19.1 Å². The van der Waals surface area contributed by atoms with Gasteiger partial charge in [-0.05, 0) is 37.6 Å². The number of halogens is 4. The predicted octanol–water partition coefficient (Wildman–Crippen LogP) is 4.68. The Kier molecular flexibility index (Phi) is 10.3. The number of hydrogen-bond donors (Lipinski definition) is 2. The zero-order valence-electron chi connectivity index (χ0n) is 16.1. The maximum atomic E-state index is 14.0. The Bertz CT molecular complexity index is 802. The molecule has 4 nitrogen and oxygen atoms in total. The first-order valence-corrected chi connectivity index (χ1v) is 8.70. The first kappa shape index (κ1) is 24.2. The van der Waals surface area contributed by atoms with E-state index in [-0.39, 0.29) is 36.4 Å². The van der Waals surface area contributed by atoms with Crippen molar-refractivity contribution in [3.8, 4) is 0 Å². The molecule has 0 fully saturated rings. The summed E-state index contributed by atoms with van der Waals surface area (Å²) < 4.78 is 45.7. The van der Waals surface area contributed by atoms with E-state index in [9.17, 15) is 13.2 Å². The van der Waals surface area contributed by atoms with Crippen LogP contribution in [-0.2, 0) is 17.9 Å². The van der Waals surface area contributed by atoms with Crippen LogP contribution in [0.3, 0.4) is 0 Å². The van der Waals surface area contributed by atoms with Crippen molar-refractivity contribution in [2.75, 3.05) is 13.7 Å². The number of nitrogens with one attached hydrogen (secondary N) is 2. The van der Waals surface area contributed by atoms with E-state index < -0.39 is 17.7 Å². The maximum Gasteiger partial charge on any atom is 0.192 e. The Labute approximate surface area is 180 Å². The van der Waals surface area contributed by atoms with Crippen LogP contribution < -0.4 is 10.6 Å². The quantitative estimate of drug-likeness (QED) is 0.325. The lowest BCUT2D eigenvalue weighted by Gasteiger charge is -2.19. The molecule has 1 unspecified atom stereocenters. The minimum absolute atomic E-state index is 0. The summed E-state index contributed by atoms with van der Waals surface area (Å²) in [5.41, 5.74) is 1.62. The Morgan fingerprint density at radius 2 is 1.86 bits per heavy atom. The second-order valence-corrected chi connectivity index (χ2v) is 6.09. The van der Waals surface area contributed by atoms with Gasteiger partial charge in [0.2, 0.25) is 0 Å². The van der Waals surface area contributed by atoms with Crippen LogP contribution in [0.15, 0.2) is 41.4 Å². The lowest BCUT2D eigenvalue weighted by atomic mass is 10.1. The molecule has 0 aromatic heterocycles. The van der Waals surface area contributed by atoms with Gasteiger partial charge in [-0.25, -0.2) is 18.2 Å². The van der Waals surface area contributed by atoms with Crippen molar-refractivity contribution in [3.63, 3.8) is 0 Å². The number of hydrogen-bond acceptors (Lipinski definition) is 2. The van der Waals surface area contributed by atoms with Crippen LogP contribution in [0.5, 0.6) is 0 Å².